The number of hydrogen-bond acceptors (Lipinski definition) is 0. The molecule has 16 heavy (non-hydrogen) atoms. The molecule has 0 saturated heterocycles. The first-order valence-electron chi connectivity index (χ1n) is 6.11. The molecule has 0 bridgehead atoms. The summed E-state index contributed by atoms with van der Waals surface area (Å²) in [7, 11) is 0. The van der Waals surface area contributed by atoms with Gasteiger partial charge in [0.25, 0.3) is 0 Å². The summed E-state index contributed by atoms with van der Waals surface area (Å²) >= 11 is 0. The van der Waals surface area contributed by atoms with Gasteiger partial charge in [-0.05, 0) is 0 Å². The van der Waals surface area contributed by atoms with Crippen LogP contribution in [-0.4, -0.2) is 6.04 Å². The van der Waals surface area contributed by atoms with Gasteiger partial charge in [0.15, 0.2) is 0 Å². The molecule has 1 nitrogen and oxygen atoms in total. The van der Waals surface area contributed by atoms with E-state index < -0.39 is 0 Å². The summed E-state index contributed by atoms with van der Waals surface area (Å²) in [6.45, 7) is 0. The molecular formula is C12H24Cl2NTi. The third-order valence-corrected chi connectivity index (χ3v) is 3.11. The van der Waals surface area contributed by atoms with Crippen LogP contribution >= 0.6 is 0 Å². The van der Waals surface area contributed by atoms with Crippen LogP contribution in [0.25, 0.3) is 5.73 Å². The molecule has 1 aliphatic carbocycles. The van der Waals surface area contributed by atoms with Gasteiger partial charge in [-0.1, -0.05) is 70.6 Å². The molecule has 0 unspecified atom stereocenters. The molecule has 0 spiro atoms. The van der Waals surface area contributed by atoms with Gasteiger partial charge in [-0.3, -0.25) is 0 Å². The summed E-state index contributed by atoms with van der Waals surface area (Å²) in [6.07, 6.45) is 14.8. The Hall–Kier alpha value is 1.25. The van der Waals surface area contributed by atoms with Crippen molar-refractivity contribution in [2.24, 2.45) is 0 Å². The predicted octanol–water partition coefficient (Wildman–Crippen LogP) is -1.28. The maximum absolute atomic E-state index is 7.80. The van der Waals surface area contributed by atoms with Gasteiger partial charge in [0.2, 0.25) is 0 Å². The van der Waals surface area contributed by atoms with Crippen molar-refractivity contribution in [1.82, 2.24) is 0 Å². The molecule has 0 aromatic carbocycles. The van der Waals surface area contributed by atoms with Crippen molar-refractivity contribution in [1.29, 1.82) is 0 Å². The molecule has 0 heterocycles. The fraction of sp³-hybridized carbons (Fsp3) is 1.00. The standard InChI is InChI=1S/C12H24N.2ClH.Ti/c13-12-10-8-6-4-2-1-3-5-7-9-11-12;;;/h12-13H,1-11H2;2*1H;/q-1;;;+3/p-2. The van der Waals surface area contributed by atoms with Gasteiger partial charge in [0, 0.05) is 0 Å². The Morgan fingerprint density at radius 2 is 0.812 bits per heavy atom. The molecule has 1 aliphatic rings. The van der Waals surface area contributed by atoms with Gasteiger partial charge >= 0.3 is 21.7 Å². The molecule has 1 N–H and O–H groups in total. The molecule has 0 aromatic rings. The minimum Gasteiger partial charge on any atom is -1.00 e. The summed E-state index contributed by atoms with van der Waals surface area (Å²) < 4.78 is 0. The van der Waals surface area contributed by atoms with Crippen LogP contribution in [0.3, 0.4) is 0 Å². The van der Waals surface area contributed by atoms with E-state index in [0.717, 1.165) is 12.8 Å². The molecule has 1 fully saturated rings. The molecule has 4 heteroatoms. The van der Waals surface area contributed by atoms with Crippen LogP contribution in [0.1, 0.15) is 70.6 Å². The first-order chi connectivity index (χ1) is 6.39. The maximum atomic E-state index is 7.80. The van der Waals surface area contributed by atoms with Crippen molar-refractivity contribution in [2.75, 3.05) is 0 Å². The van der Waals surface area contributed by atoms with E-state index in [-0.39, 0.29) is 52.6 Å². The average molecular weight is 301 g/mol. The van der Waals surface area contributed by atoms with E-state index >= 15 is 0 Å². The van der Waals surface area contributed by atoms with Crippen molar-refractivity contribution in [2.45, 2.75) is 76.7 Å². The minimum atomic E-state index is 0. The van der Waals surface area contributed by atoms with Gasteiger partial charge in [-0.25, -0.2) is 0 Å². The molecular weight excluding hydrogens is 277 g/mol. The normalized spacial score (nSPS) is 20.1. The summed E-state index contributed by atoms with van der Waals surface area (Å²) in [6, 6.07) is 0.249. The fourth-order valence-corrected chi connectivity index (χ4v) is 2.16. The van der Waals surface area contributed by atoms with Crippen molar-refractivity contribution in [3.63, 3.8) is 0 Å². The number of hydrogen-bond donors (Lipinski definition) is 0. The molecule has 0 amide bonds. The summed E-state index contributed by atoms with van der Waals surface area (Å²) in [5.74, 6) is 0. The molecule has 0 aromatic heterocycles. The van der Waals surface area contributed by atoms with Gasteiger partial charge in [0.05, 0.1) is 0 Å². The Bertz CT molecular complexity index is 114. The minimum absolute atomic E-state index is 0. The van der Waals surface area contributed by atoms with E-state index in [1.54, 1.807) is 0 Å². The molecule has 1 saturated carbocycles. The second-order valence-electron chi connectivity index (χ2n) is 4.46. The van der Waals surface area contributed by atoms with Gasteiger partial charge < -0.3 is 30.5 Å². The number of nitrogens with one attached hydrogen (secondary N) is 1. The van der Waals surface area contributed by atoms with Crippen LogP contribution in [0.2, 0.25) is 0 Å². The Morgan fingerprint density at radius 3 is 1.12 bits per heavy atom. The van der Waals surface area contributed by atoms with Gasteiger partial charge in [0.1, 0.15) is 0 Å². The van der Waals surface area contributed by atoms with E-state index in [0.29, 0.717) is 0 Å². The largest absolute Gasteiger partial charge is 3.00 e. The second kappa shape index (κ2) is 16.3. The fourth-order valence-electron chi connectivity index (χ4n) is 2.16. The van der Waals surface area contributed by atoms with E-state index in [4.69, 9.17) is 5.73 Å². The maximum Gasteiger partial charge on any atom is 3.00 e. The molecule has 0 atom stereocenters. The number of rotatable bonds is 0. The van der Waals surface area contributed by atoms with Gasteiger partial charge in [-0.15, -0.1) is 6.04 Å². The average Bonchev–Trinajstić information content (AvgIpc) is 2.11. The quantitative estimate of drug-likeness (QED) is 0.498. The second-order valence-corrected chi connectivity index (χ2v) is 4.46. The van der Waals surface area contributed by atoms with Crippen LogP contribution < -0.4 is 24.8 Å². The van der Waals surface area contributed by atoms with Crippen LogP contribution in [-0.2, 0) is 21.7 Å². The van der Waals surface area contributed by atoms with E-state index in [9.17, 15) is 0 Å². The molecule has 95 valence electrons. The number of halogens is 2. The zero-order valence-electron chi connectivity index (χ0n) is 10.1. The monoisotopic (exact) mass is 300 g/mol. The first-order valence-corrected chi connectivity index (χ1v) is 6.11. The van der Waals surface area contributed by atoms with Crippen LogP contribution in [0.15, 0.2) is 0 Å². The zero-order chi connectivity index (χ0) is 9.36. The van der Waals surface area contributed by atoms with Crippen LogP contribution in [0.4, 0.5) is 0 Å². The van der Waals surface area contributed by atoms with E-state index in [1.165, 1.54) is 57.8 Å². The van der Waals surface area contributed by atoms with Gasteiger partial charge in [-0.2, -0.15) is 0 Å². The van der Waals surface area contributed by atoms with E-state index in [2.05, 4.69) is 0 Å². The summed E-state index contributed by atoms with van der Waals surface area (Å²) in [5, 5.41) is 0. The third-order valence-electron chi connectivity index (χ3n) is 3.11. The molecule has 1 rings (SSSR count). The predicted molar refractivity (Wildman–Crippen MR) is 58.9 cm³/mol. The van der Waals surface area contributed by atoms with Crippen molar-refractivity contribution < 1.29 is 46.5 Å². The Kier molecular flexibility index (Phi) is 22.8. The van der Waals surface area contributed by atoms with E-state index in [1.807, 2.05) is 0 Å². The summed E-state index contributed by atoms with van der Waals surface area (Å²) in [4.78, 5) is 0. The smallest absolute Gasteiger partial charge is 1.00 e. The zero-order valence-corrected chi connectivity index (χ0v) is 13.2. The van der Waals surface area contributed by atoms with Crippen molar-refractivity contribution >= 4 is 0 Å². The van der Waals surface area contributed by atoms with Crippen molar-refractivity contribution in [3.8, 4) is 0 Å². The Balaban J connectivity index is -0.000000563. The van der Waals surface area contributed by atoms with Crippen LogP contribution in [0.5, 0.6) is 0 Å². The molecule has 0 aliphatic heterocycles. The Morgan fingerprint density at radius 1 is 0.562 bits per heavy atom. The van der Waals surface area contributed by atoms with Crippen LogP contribution in [0, 0.1) is 0 Å². The summed E-state index contributed by atoms with van der Waals surface area (Å²) in [5.41, 5.74) is 7.80. The third kappa shape index (κ3) is 13.3. The Labute approximate surface area is 128 Å². The topological polar surface area (TPSA) is 23.8 Å². The first kappa shape index (κ1) is 22.4. The van der Waals surface area contributed by atoms with Crippen molar-refractivity contribution in [3.05, 3.63) is 5.73 Å². The SMILES string of the molecule is [Cl-].[Cl-].[NH-]C1CCCCCCCCCCC1.[Ti+3]. The molecule has 1 radical (unpaired) electrons.